The van der Waals surface area contributed by atoms with E-state index in [0.29, 0.717) is 87.2 Å². The predicted molar refractivity (Wildman–Crippen MR) is 596 cm³/mol. The SMILES string of the molecule is Brc1cnc(Br)s1.C.CC(=O)Nc1ccc(-c2ncc(-c3ccc(N)cc3)s2)c(S(=O)(=O)NC(C)(C)C)c1.CC(=O)Nc1ccc(-c2ncc(-c3ccc(NC(=S)NC(C)C)cc3)s2)c(S(=O)(=O)NC(C)(C)C)c1.CC(=O)Nc1ccc(-c2ncc(Br)s2)c(S(=O)(=O)NC(C)(C)C)c1.CC(=O)Nc1ccc(C)c(S(=O)(=O)NC(C)(C)C)c1.CC(C)SC#N.Nc1ccc(B(O)O)cc1.[2HH].[2H][2H].[2H][2H].[2H][2H].[2H][2H].[2H][2H].[2H][2H].[2H][2H].[2H][2H].[2H][2H].[2H][2H].[2H][2H].[2H][2H].[2H][2H].[2H][2H].[2H][2H]. The van der Waals surface area contributed by atoms with E-state index >= 15 is 0 Å². The Hall–Kier alpha value is -8.87. The molecule has 0 atom stereocenters. The fraction of sp³-hybridized carbons (Fsp3) is 0.318. The van der Waals surface area contributed by atoms with Crippen molar-refractivity contribution in [2.45, 2.75) is 206 Å². The second-order valence-electron chi connectivity index (χ2n) is 33.5. The highest BCUT2D eigenvalue weighted by Crippen LogP contribution is 2.41. The van der Waals surface area contributed by atoms with Gasteiger partial charge in [-0.2, -0.15) is 5.26 Å². The van der Waals surface area contributed by atoms with Crippen LogP contribution in [0.25, 0.3) is 52.6 Å². The molecular formula is C88H145BBr3N17O14S10. The van der Waals surface area contributed by atoms with Gasteiger partial charge in [0.25, 0.3) is 0 Å². The van der Waals surface area contributed by atoms with Crippen LogP contribution in [-0.4, -0.2) is 133 Å². The molecule has 0 aliphatic heterocycles. The molecule has 45 heteroatoms. The predicted octanol–water partition coefficient (Wildman–Crippen LogP) is 22.7. The minimum Gasteiger partial charge on any atom is -0.423 e. The van der Waals surface area contributed by atoms with E-state index < -0.39 is 69.4 Å². The molecule has 133 heavy (non-hydrogen) atoms. The number of thiocyanates is 1. The first-order chi connectivity index (χ1) is 75.9. The second-order valence-corrected chi connectivity index (χ2v) is 50.0. The number of amides is 4. The van der Waals surface area contributed by atoms with Gasteiger partial charge < -0.3 is 53.4 Å². The lowest BCUT2D eigenvalue weighted by Crippen LogP contribution is -2.40. The monoisotopic (exact) mass is 2260 g/mol. The van der Waals surface area contributed by atoms with Gasteiger partial charge in [0.2, 0.25) is 63.7 Å². The highest BCUT2D eigenvalue weighted by Gasteiger charge is 2.32. The Bertz CT molecular complexity index is 6430. The van der Waals surface area contributed by atoms with Gasteiger partial charge in [-0.3, -0.25) is 19.2 Å². The van der Waals surface area contributed by atoms with E-state index in [9.17, 15) is 52.8 Å². The topological polar surface area (TPSA) is 493 Å². The first-order valence-electron chi connectivity index (χ1n) is 54.8. The largest absolute Gasteiger partial charge is 0.488 e. The van der Waals surface area contributed by atoms with Crippen molar-refractivity contribution in [3.05, 3.63) is 187 Å². The number of hydrogen-bond donors (Lipinski definition) is 14. The number of aryl methyl sites for hydroxylation is 1. The molecule has 31 nitrogen and oxygen atoms in total. The number of nitrogens with two attached hydrogens (primary N) is 2. The molecule has 4 aromatic heterocycles. The zero-order valence-corrected chi connectivity index (χ0v) is 89.2. The van der Waals surface area contributed by atoms with Crippen LogP contribution in [0.4, 0.5) is 39.8 Å². The van der Waals surface area contributed by atoms with Crippen molar-refractivity contribution in [1.82, 2.24) is 44.1 Å². The third-order valence-electron chi connectivity index (χ3n) is 15.5. The number of thiazole rings is 4. The molecule has 0 aliphatic carbocycles. The number of thiocarbonyl (C=S) groups is 1. The van der Waals surface area contributed by atoms with E-state index in [0.717, 1.165) is 38.1 Å². The molecule has 0 saturated carbocycles. The Morgan fingerprint density at radius 2 is 0.759 bits per heavy atom. The third-order valence-corrected chi connectivity index (χ3v) is 29.2. The summed E-state index contributed by atoms with van der Waals surface area (Å²) in [5, 5.41) is 46.6. The van der Waals surface area contributed by atoms with Crippen LogP contribution in [0.1, 0.15) is 197 Å². The van der Waals surface area contributed by atoms with E-state index in [1.165, 1.54) is 97.7 Å². The number of aromatic nitrogens is 4. The normalized spacial score (nSPS) is 12.4. The van der Waals surface area contributed by atoms with Gasteiger partial charge >= 0.3 is 7.12 Å². The summed E-state index contributed by atoms with van der Waals surface area (Å²) in [6, 6.07) is 40.9. The summed E-state index contributed by atoms with van der Waals surface area (Å²) in [4.78, 5) is 64.5. The molecule has 0 unspecified atom stereocenters. The molecule has 0 saturated heterocycles. The Morgan fingerprint density at radius 3 is 1.04 bits per heavy atom. The Labute approximate surface area is 879 Å². The Balaban J connectivity index is -0.000000148. The van der Waals surface area contributed by atoms with Gasteiger partial charge in [-0.1, -0.05) is 63.7 Å². The number of halogens is 3. The summed E-state index contributed by atoms with van der Waals surface area (Å²) in [5.74, 6) is -1.08. The van der Waals surface area contributed by atoms with Crippen molar-refractivity contribution < 1.29 is 109 Å². The number of hydrogen-bond acceptors (Lipinski definition) is 27. The third kappa shape index (κ3) is 41.7. The van der Waals surface area contributed by atoms with Crippen LogP contribution in [0, 0.1) is 17.6 Å². The number of anilines is 7. The summed E-state index contributed by atoms with van der Waals surface area (Å²) < 4.78 is 266. The minimum atomic E-state index is -3.90. The van der Waals surface area contributed by atoms with Gasteiger partial charge in [-0.25, -0.2) is 72.5 Å². The molecule has 750 valence electrons. The maximum atomic E-state index is 13.3. The highest BCUT2D eigenvalue weighted by molar-refractivity contribution is 9.12. The molecule has 0 fully saturated rings. The average molecular weight is 2270 g/mol. The molecule has 0 bridgehead atoms. The number of rotatable bonds is 21. The van der Waals surface area contributed by atoms with Gasteiger partial charge in [0.15, 0.2) is 9.03 Å². The van der Waals surface area contributed by atoms with Crippen LogP contribution >= 0.6 is 117 Å². The Kier molecular flexibility index (Phi) is 36.0. The van der Waals surface area contributed by atoms with Crippen molar-refractivity contribution >= 4 is 238 Å². The molecule has 11 aromatic rings. The number of nitrogens with zero attached hydrogens (tertiary/aromatic N) is 5. The summed E-state index contributed by atoms with van der Waals surface area (Å²) in [7, 11) is -16.6. The highest BCUT2D eigenvalue weighted by atomic mass is 79.9. The van der Waals surface area contributed by atoms with Crippen LogP contribution in [0.3, 0.4) is 0 Å². The van der Waals surface area contributed by atoms with Crippen molar-refractivity contribution in [3.8, 4) is 58.0 Å². The summed E-state index contributed by atoms with van der Waals surface area (Å²) >= 11 is 22.1. The van der Waals surface area contributed by atoms with Gasteiger partial charge in [0, 0.05) is 176 Å². The van der Waals surface area contributed by atoms with Gasteiger partial charge in [0.1, 0.15) is 20.4 Å². The average Bonchev–Trinajstić information content (AvgIpc) is 1.47. The van der Waals surface area contributed by atoms with E-state index in [1.54, 1.807) is 211 Å². The molecule has 0 aliphatic rings. The standard InChI is InChI=1S/C25H31N5O3S3.C21H24N4O3S2.C15H18BrN3O3S2.C13H20N2O3S.C6H8BNO2.C4H7NS.C3HBr2NS.CH4.16H2/c1-15(2)27-24(34)29-18-9-7-17(8-10-18)21-14-26-23(35-21)20-12-11-19(28-16(3)31)13-22(20)36(32,33)30-25(4,5)6;1-13(26)24-16-9-10-17(19(11-16)30(27,28)25-21(2,3)4)20-23-12-18(29-20)14-5-7-15(22)8-6-14;1-9(20)18-10-5-6-11(14-17-8-13(16)23-14)12(7-10)24(21,22)19-15(2,3)4;1-9-6-7-11(14-10(2)16)8-12(9)19(17,18)15-13(3,4)5;8-6-3-1-5(2-4-6)7(9)10;1-4(2)6-3-5;4-2-1-6-3(5)7-2;;;;;;;;;;;;;;;;;/h7-15,30H,1-6H3,(H,28,31)(H2,27,29,34);5-12,25H,22H2,1-4H3,(H,24,26);5-8,19H,1-4H3,(H,18,20);6-8,15H,1-5H3,(H,14,16);1-4,9-10H,8H2;4H,1-2H3;1H;1H4;16*1H/i;;;;;;;;15*1+1D;1+1. The molecule has 0 radical (unpaired) electrons. The molecular weight excluding hydrogens is 2090 g/mol. The number of benzene rings is 7. The maximum Gasteiger partial charge on any atom is 0.488 e. The molecule has 4 amide bonds. The number of thioether (sulfide) groups is 1. The van der Waals surface area contributed by atoms with Crippen LogP contribution in [0.2, 0.25) is 0 Å². The smallest absolute Gasteiger partial charge is 0.423 e. The van der Waals surface area contributed by atoms with Crippen LogP contribution in [-0.2, 0) is 59.3 Å². The first kappa shape index (κ1) is 93.2. The first-order valence-corrected chi connectivity index (χ1v) is 52.7. The molecule has 16 N–H and O–H groups in total. The van der Waals surface area contributed by atoms with E-state index in [-0.39, 0.29) is 58.1 Å². The number of nitriles is 1. The second kappa shape index (κ2) is 51.3. The number of nitrogens with one attached hydrogen (secondary N) is 10. The van der Waals surface area contributed by atoms with Gasteiger partial charge in [-0.05, 0) is 301 Å². The van der Waals surface area contributed by atoms with Crippen molar-refractivity contribution in [2.75, 3.05) is 38.1 Å². The van der Waals surface area contributed by atoms with E-state index in [4.69, 9.17) is 83.5 Å². The molecule has 0 spiro atoms. The number of carbonyl (C=O) groups is 4. The minimum absolute atomic E-state index is 0. The fourth-order valence-electron chi connectivity index (χ4n) is 10.9. The van der Waals surface area contributed by atoms with E-state index in [1.807, 2.05) is 69.5 Å². The van der Waals surface area contributed by atoms with Crippen LogP contribution < -0.4 is 67.7 Å². The van der Waals surface area contributed by atoms with Crippen LogP contribution in [0.15, 0.2) is 201 Å². The van der Waals surface area contributed by atoms with Crippen molar-refractivity contribution in [3.63, 3.8) is 0 Å². The van der Waals surface area contributed by atoms with Crippen LogP contribution in [0.5, 0.6) is 0 Å². The quantitative estimate of drug-likeness (QED) is 0.0137. The summed E-state index contributed by atoms with van der Waals surface area (Å²) in [6.07, 6.45) is 6.81. The Morgan fingerprint density at radius 1 is 0.459 bits per heavy atom. The van der Waals surface area contributed by atoms with E-state index in [2.05, 4.69) is 119 Å². The van der Waals surface area contributed by atoms with Gasteiger partial charge in [-0.15, -0.1) is 45.3 Å². The summed E-state index contributed by atoms with van der Waals surface area (Å²) in [6.45, 7) is 36.5. The number of carbonyl (C=O) groups excluding carboxylic acids is 4. The fourth-order valence-corrected chi connectivity index (χ4v) is 23.6. The lowest BCUT2D eigenvalue weighted by atomic mass is 9.80. The van der Waals surface area contributed by atoms with Gasteiger partial charge in [0.05, 0.1) is 49.3 Å². The maximum absolute atomic E-state index is 13.3. The number of nitrogen functional groups attached to an aromatic ring is 2. The lowest BCUT2D eigenvalue weighted by molar-refractivity contribution is -0.115. The van der Waals surface area contributed by atoms with Crippen molar-refractivity contribution in [2.24, 2.45) is 0 Å². The molecule has 4 heterocycles. The number of sulfonamides is 4. The molecule has 11 rings (SSSR count). The molecule has 7 aromatic carbocycles. The zero-order valence-electron chi connectivity index (χ0n) is 106. The van der Waals surface area contributed by atoms with Crippen molar-refractivity contribution in [1.29, 1.82) is 5.26 Å². The lowest BCUT2D eigenvalue weighted by Gasteiger charge is -2.21. The zero-order chi connectivity index (χ0) is 130. The summed E-state index contributed by atoms with van der Waals surface area (Å²) in [5.41, 5.74) is 16.8.